The van der Waals surface area contributed by atoms with Gasteiger partial charge < -0.3 is 27.9 Å². The highest BCUT2D eigenvalue weighted by molar-refractivity contribution is 7.45. The van der Waals surface area contributed by atoms with Gasteiger partial charge in [-0.15, -0.1) is 0 Å². The third kappa shape index (κ3) is 87.4. The molecule has 0 radical (unpaired) electrons. The van der Waals surface area contributed by atoms with Crippen LogP contribution in [0, 0.1) is 0 Å². The molecule has 0 bridgehead atoms. The summed E-state index contributed by atoms with van der Waals surface area (Å²) in [6.45, 7) is 4.33. The summed E-state index contributed by atoms with van der Waals surface area (Å²) in [5.74, 6) is -0.800. The number of carbonyl (C=O) groups is 2. The Hall–Kier alpha value is -1.51. The van der Waals surface area contributed by atoms with Crippen LogP contribution in [0.15, 0.2) is 24.3 Å². The number of allylic oxidation sites excluding steroid dienone is 4. The van der Waals surface area contributed by atoms with Gasteiger partial charge in [0.2, 0.25) is 0 Å². The van der Waals surface area contributed by atoms with Crippen molar-refractivity contribution in [2.24, 2.45) is 0 Å². The summed E-state index contributed by atoms with van der Waals surface area (Å²) in [6.07, 6.45) is 109. The van der Waals surface area contributed by atoms with Crippen LogP contribution in [0.3, 0.4) is 0 Å². The van der Waals surface area contributed by atoms with Gasteiger partial charge in [-0.3, -0.25) is 14.2 Å². The summed E-state index contributed by atoms with van der Waals surface area (Å²) in [5, 5.41) is 0. The molecule has 0 saturated carbocycles. The number of ether oxygens (including phenoxy) is 2. The molecule has 10 heteroatoms. The summed E-state index contributed by atoms with van der Waals surface area (Å²) in [6, 6.07) is 0. The maximum atomic E-state index is 12.9. The number of phosphoric ester groups is 1. The van der Waals surface area contributed by atoms with Crippen molar-refractivity contribution in [1.82, 2.24) is 0 Å². The molecule has 0 rings (SSSR count). The molecule has 0 fully saturated rings. The van der Waals surface area contributed by atoms with Crippen LogP contribution in [0.25, 0.3) is 0 Å². The lowest BCUT2D eigenvalue weighted by Crippen LogP contribution is -2.37. The lowest BCUT2D eigenvalue weighted by Gasteiger charge is -2.28. The average molecular weight is 1460 g/mol. The van der Waals surface area contributed by atoms with Crippen LogP contribution in [0.2, 0.25) is 0 Å². The summed E-state index contributed by atoms with van der Waals surface area (Å²) in [5.41, 5.74) is 0. The maximum absolute atomic E-state index is 12.9. The minimum atomic E-state index is -4.64. The number of quaternary nitrogens is 1. The normalized spacial score (nSPS) is 13.0. The van der Waals surface area contributed by atoms with Crippen molar-refractivity contribution in [1.29, 1.82) is 0 Å². The molecule has 0 heterocycles. The van der Waals surface area contributed by atoms with E-state index >= 15 is 0 Å². The zero-order chi connectivity index (χ0) is 74.0. The van der Waals surface area contributed by atoms with E-state index in [9.17, 15) is 19.0 Å². The number of unbranched alkanes of at least 4 members (excludes halogenated alkanes) is 70. The largest absolute Gasteiger partial charge is 0.756 e. The van der Waals surface area contributed by atoms with Gasteiger partial charge in [-0.05, 0) is 44.9 Å². The molecule has 9 nitrogen and oxygen atoms in total. The zero-order valence-corrected chi connectivity index (χ0v) is 70.5. The van der Waals surface area contributed by atoms with E-state index in [0.717, 1.165) is 38.5 Å². The van der Waals surface area contributed by atoms with Crippen molar-refractivity contribution in [2.45, 2.75) is 508 Å². The number of esters is 2. The molecule has 0 aromatic heterocycles. The molecule has 2 atom stereocenters. The molecule has 0 spiro atoms. The smallest absolute Gasteiger partial charge is 0.306 e. The monoisotopic (exact) mass is 1460 g/mol. The topological polar surface area (TPSA) is 111 Å². The summed E-state index contributed by atoms with van der Waals surface area (Å²) >= 11 is 0. The second-order valence-corrected chi connectivity index (χ2v) is 34.4. The Kier molecular flexibility index (Phi) is 82.3. The van der Waals surface area contributed by atoms with E-state index in [1.165, 1.54) is 430 Å². The minimum Gasteiger partial charge on any atom is -0.756 e. The molecule has 0 aromatic rings. The fraction of sp³-hybridized carbons (Fsp3) is 0.935. The van der Waals surface area contributed by atoms with Crippen LogP contribution in [0.1, 0.15) is 502 Å². The molecule has 0 N–H and O–H groups in total. The van der Waals surface area contributed by atoms with E-state index < -0.39 is 26.5 Å². The minimum absolute atomic E-state index is 0.0258. The molecular weight excluding hydrogens is 1280 g/mol. The third-order valence-corrected chi connectivity index (χ3v) is 22.4. The van der Waals surface area contributed by atoms with Crippen LogP contribution in [0.5, 0.6) is 0 Å². The maximum Gasteiger partial charge on any atom is 0.306 e. The standard InChI is InChI=1S/C92H180NO8P/c1-6-8-10-12-14-16-18-20-22-24-26-28-30-32-34-36-38-40-42-44-46-48-50-52-54-56-58-60-62-64-66-68-70-72-74-76-78-80-82-84-91(94)98-88-90(89-100-102(96,97)99-87-86-93(3,4)5)101-92(95)85-83-81-79-77-75-73-71-69-67-65-63-61-59-57-55-53-51-49-47-45-43-41-39-37-35-33-31-29-27-25-23-21-19-17-15-13-11-9-7-2/h19,21,25,27,90H,6-18,20,22-24,26,28-89H2,1-5H3/b21-19-,27-25-. The van der Waals surface area contributed by atoms with Gasteiger partial charge in [-0.25, -0.2) is 0 Å². The van der Waals surface area contributed by atoms with Gasteiger partial charge >= 0.3 is 11.9 Å². The quantitative estimate of drug-likeness (QED) is 0.0195. The number of likely N-dealkylation sites (N-methyl/N-ethyl adjacent to an activating group) is 1. The lowest BCUT2D eigenvalue weighted by atomic mass is 10.0. The van der Waals surface area contributed by atoms with Crippen molar-refractivity contribution in [3.63, 3.8) is 0 Å². The number of rotatable bonds is 88. The first-order chi connectivity index (χ1) is 50.0. The van der Waals surface area contributed by atoms with Crippen molar-refractivity contribution < 1.29 is 42.1 Å². The Morgan fingerprint density at radius 2 is 0.529 bits per heavy atom. The van der Waals surface area contributed by atoms with Crippen LogP contribution in [-0.4, -0.2) is 70.0 Å². The Morgan fingerprint density at radius 3 is 0.775 bits per heavy atom. The Morgan fingerprint density at radius 1 is 0.304 bits per heavy atom. The van der Waals surface area contributed by atoms with Crippen LogP contribution >= 0.6 is 7.82 Å². The Labute approximate surface area is 638 Å². The van der Waals surface area contributed by atoms with Crippen LogP contribution in [0.4, 0.5) is 0 Å². The summed E-state index contributed by atoms with van der Waals surface area (Å²) in [4.78, 5) is 38.3. The van der Waals surface area contributed by atoms with Gasteiger partial charge in [0.25, 0.3) is 7.82 Å². The molecular formula is C92H180NO8P. The van der Waals surface area contributed by atoms with Gasteiger partial charge in [-0.1, -0.05) is 468 Å². The van der Waals surface area contributed by atoms with Crippen molar-refractivity contribution in [3.8, 4) is 0 Å². The second kappa shape index (κ2) is 83.5. The van der Waals surface area contributed by atoms with Gasteiger partial charge in [0.05, 0.1) is 27.7 Å². The number of hydrogen-bond donors (Lipinski definition) is 0. The van der Waals surface area contributed by atoms with E-state index in [4.69, 9.17) is 18.5 Å². The van der Waals surface area contributed by atoms with E-state index in [1.807, 2.05) is 21.1 Å². The molecule has 606 valence electrons. The number of carbonyl (C=O) groups excluding carboxylic acids is 2. The first kappa shape index (κ1) is 100. The second-order valence-electron chi connectivity index (χ2n) is 33.0. The Bertz CT molecular complexity index is 1770. The molecule has 0 aromatic carbocycles. The number of hydrogen-bond acceptors (Lipinski definition) is 8. The van der Waals surface area contributed by atoms with Crippen molar-refractivity contribution in [3.05, 3.63) is 24.3 Å². The van der Waals surface area contributed by atoms with E-state index in [2.05, 4.69) is 38.2 Å². The predicted octanol–water partition coefficient (Wildman–Crippen LogP) is 30.4. The van der Waals surface area contributed by atoms with Gasteiger partial charge in [0.15, 0.2) is 6.10 Å². The highest BCUT2D eigenvalue weighted by atomic mass is 31.2. The van der Waals surface area contributed by atoms with Crippen molar-refractivity contribution >= 4 is 19.8 Å². The molecule has 0 amide bonds. The lowest BCUT2D eigenvalue weighted by molar-refractivity contribution is -0.870. The van der Waals surface area contributed by atoms with E-state index in [-0.39, 0.29) is 32.0 Å². The van der Waals surface area contributed by atoms with E-state index in [0.29, 0.717) is 17.4 Å². The molecule has 0 aliphatic heterocycles. The first-order valence-electron chi connectivity index (χ1n) is 46.0. The molecule has 102 heavy (non-hydrogen) atoms. The fourth-order valence-electron chi connectivity index (χ4n) is 14.5. The van der Waals surface area contributed by atoms with Gasteiger partial charge in [-0.2, -0.15) is 0 Å². The SMILES string of the molecule is CCCCCCC/C=C\C/C=C\CCCCCCCCCCCCCCCCCCCCCCCCCCCCCC(=O)OC(COC(=O)CCCCCCCCCCCCCCCCCCCCCCCCCCCCCCCCCCCCCCCCC)COP(=O)([O-])OCC[N+](C)(C)C. The molecule has 0 aliphatic rings. The van der Waals surface area contributed by atoms with Crippen molar-refractivity contribution in [2.75, 3.05) is 47.5 Å². The highest BCUT2D eigenvalue weighted by Crippen LogP contribution is 2.38. The molecule has 0 saturated heterocycles. The van der Waals surface area contributed by atoms with Crippen LogP contribution < -0.4 is 4.89 Å². The molecule has 2 unspecified atom stereocenters. The van der Waals surface area contributed by atoms with Gasteiger partial charge in [0.1, 0.15) is 19.8 Å². The third-order valence-electron chi connectivity index (χ3n) is 21.5. The summed E-state index contributed by atoms with van der Waals surface area (Å²) in [7, 11) is 1.20. The Balaban J connectivity index is 3.81. The fourth-order valence-corrected chi connectivity index (χ4v) is 15.2. The van der Waals surface area contributed by atoms with Gasteiger partial charge in [0, 0.05) is 12.8 Å². The van der Waals surface area contributed by atoms with E-state index in [1.54, 1.807) is 0 Å². The highest BCUT2D eigenvalue weighted by Gasteiger charge is 2.22. The van der Waals surface area contributed by atoms with Crippen LogP contribution in [-0.2, 0) is 32.7 Å². The number of phosphoric acid groups is 1. The average Bonchev–Trinajstić information content (AvgIpc) is 0.914. The first-order valence-corrected chi connectivity index (χ1v) is 47.5. The molecule has 0 aliphatic carbocycles. The zero-order valence-electron chi connectivity index (χ0n) is 69.6. The summed E-state index contributed by atoms with van der Waals surface area (Å²) < 4.78 is 34.5. The number of nitrogens with zero attached hydrogens (tertiary/aromatic N) is 1. The predicted molar refractivity (Wildman–Crippen MR) is 444 cm³/mol.